The molecule has 0 radical (unpaired) electrons. The number of aromatic nitrogens is 2. The van der Waals surface area contributed by atoms with Crippen LogP contribution in [-0.2, 0) is 30.7 Å². The molecule has 12 heteroatoms. The Morgan fingerprint density at radius 1 is 1.07 bits per heavy atom. The van der Waals surface area contributed by atoms with E-state index in [4.69, 9.17) is 18.3 Å². The van der Waals surface area contributed by atoms with Crippen LogP contribution in [0.1, 0.15) is 129 Å². The maximum Gasteiger partial charge on any atom is 0.350 e. The number of carbonyl (C=O) groups excluding carboxylic acids is 1. The van der Waals surface area contributed by atoms with Crippen molar-refractivity contribution in [2.45, 2.75) is 173 Å². The van der Waals surface area contributed by atoms with Gasteiger partial charge in [-0.25, -0.2) is 4.98 Å². The molecule has 0 spiro atoms. The Labute approximate surface area is 325 Å². The van der Waals surface area contributed by atoms with Crippen LogP contribution in [0.25, 0.3) is 5.57 Å². The lowest BCUT2D eigenvalue weighted by molar-refractivity contribution is -0.220. The molecule has 54 heavy (non-hydrogen) atoms. The number of fused-ring (bicyclic) bond motifs is 5. The summed E-state index contributed by atoms with van der Waals surface area (Å²) in [6.07, 6.45) is 6.68. The summed E-state index contributed by atoms with van der Waals surface area (Å²) in [5, 5.41) is 25.2. The molecule has 10 nitrogen and oxygen atoms in total. The zero-order valence-corrected chi connectivity index (χ0v) is 37.0. The van der Waals surface area contributed by atoms with Gasteiger partial charge in [0.1, 0.15) is 25.0 Å². The summed E-state index contributed by atoms with van der Waals surface area (Å²) in [5.74, 6) is -0.308. The van der Waals surface area contributed by atoms with Gasteiger partial charge in [0.2, 0.25) is 5.82 Å². The summed E-state index contributed by atoms with van der Waals surface area (Å²) < 4.78 is 28.8. The number of amides is 1. The van der Waals surface area contributed by atoms with Crippen LogP contribution in [0.5, 0.6) is 0 Å². The van der Waals surface area contributed by atoms with Gasteiger partial charge in [-0.3, -0.25) is 4.79 Å². The molecule has 4 heterocycles. The number of anilines is 1. The normalized spacial score (nSPS) is 30.4. The molecule has 2 N–H and O–H groups in total. The number of ether oxygens (including phenoxy) is 2. The minimum atomic E-state index is -2.77. The van der Waals surface area contributed by atoms with Crippen molar-refractivity contribution < 1.29 is 28.2 Å². The van der Waals surface area contributed by atoms with Crippen LogP contribution in [0.15, 0.2) is 30.5 Å². The van der Waals surface area contributed by atoms with Gasteiger partial charge < -0.3 is 33.3 Å². The summed E-state index contributed by atoms with van der Waals surface area (Å²) in [4.78, 5) is 18.3. The highest BCUT2D eigenvalue weighted by Crippen LogP contribution is 2.65. The van der Waals surface area contributed by atoms with Gasteiger partial charge in [-0.15, -0.1) is 0 Å². The highest BCUT2D eigenvalue weighted by atomic mass is 28.4. The number of hydrogen-bond acceptors (Lipinski definition) is 8. The molecule has 2 aromatic rings. The Bertz CT molecular complexity index is 1820. The van der Waals surface area contributed by atoms with E-state index in [-0.39, 0.29) is 45.9 Å². The Morgan fingerprint density at radius 3 is 2.20 bits per heavy atom. The van der Waals surface area contributed by atoms with Crippen LogP contribution in [0.4, 0.5) is 5.69 Å². The number of imidazole rings is 1. The number of benzene rings is 1. The lowest BCUT2D eigenvalue weighted by Gasteiger charge is -2.51. The molecule has 4 aliphatic rings. The topological polar surface area (TPSA) is 128 Å². The third kappa shape index (κ3) is 7.47. The number of rotatable bonds is 9. The molecule has 4 unspecified atom stereocenters. The summed E-state index contributed by atoms with van der Waals surface area (Å²) >= 11 is 0. The zero-order valence-electron chi connectivity index (χ0n) is 35.0. The number of allylic oxidation sites excluding steroid dienone is 2. The number of nitriles is 1. The van der Waals surface area contributed by atoms with E-state index in [9.17, 15) is 15.2 Å². The minimum Gasteiger partial charge on any atom is -0.385 e. The number of aliphatic hydroxyl groups is 1. The van der Waals surface area contributed by atoms with Crippen LogP contribution in [-0.4, -0.2) is 67.2 Å². The van der Waals surface area contributed by atoms with Gasteiger partial charge in [0.15, 0.2) is 5.69 Å². The first-order chi connectivity index (χ1) is 24.7. The fraction of sp³-hybridized carbons (Fsp3) is 0.690. The van der Waals surface area contributed by atoms with Crippen LogP contribution in [0, 0.1) is 16.7 Å². The Morgan fingerprint density at radius 2 is 1.69 bits per heavy atom. The van der Waals surface area contributed by atoms with E-state index in [1.54, 1.807) is 10.8 Å². The number of nitrogens with zero attached hydrogens (tertiary/aromatic N) is 3. The van der Waals surface area contributed by atoms with Crippen LogP contribution in [0.2, 0.25) is 35.8 Å². The summed E-state index contributed by atoms with van der Waals surface area (Å²) in [6.45, 7) is 29.6. The quantitative estimate of drug-likeness (QED) is 0.191. The van der Waals surface area contributed by atoms with Crippen molar-refractivity contribution in [2.75, 3.05) is 11.9 Å². The van der Waals surface area contributed by atoms with Crippen molar-refractivity contribution >= 4 is 33.8 Å². The molecular formula is C42H64N4O6Si2. The molecule has 3 aliphatic heterocycles. The molecule has 6 rings (SSSR count). The fourth-order valence-corrected chi connectivity index (χ4v) is 15.5. The SMILES string of the molecule is CC1(C)CC=C(c2cc(C3(O)CC4(C)OC(C)(C3)C3O[Si](C(C)(C)C)(C(C)(C)C)OC34)ccc2NC(=O)c2nc(C#N)cn2COCC[Si](C)(C)C)CC1. The highest BCUT2D eigenvalue weighted by Gasteiger charge is 2.76. The second kappa shape index (κ2) is 13.5. The van der Waals surface area contributed by atoms with Crippen molar-refractivity contribution in [3.63, 3.8) is 0 Å². The first kappa shape index (κ1) is 41.0. The smallest absolute Gasteiger partial charge is 0.350 e. The zero-order chi connectivity index (χ0) is 39.9. The lowest BCUT2D eigenvalue weighted by atomic mass is 9.74. The maximum atomic E-state index is 14.0. The van der Waals surface area contributed by atoms with Crippen LogP contribution >= 0.6 is 0 Å². The molecular weight excluding hydrogens is 713 g/mol. The molecule has 1 aliphatic carbocycles. The van der Waals surface area contributed by atoms with Crippen molar-refractivity contribution in [1.29, 1.82) is 5.26 Å². The molecule has 3 saturated heterocycles. The lowest BCUT2D eigenvalue weighted by Crippen LogP contribution is -2.59. The number of carbonyl (C=O) groups is 1. The third-order valence-electron chi connectivity index (χ3n) is 12.2. The Hall–Kier alpha value is -2.64. The summed E-state index contributed by atoms with van der Waals surface area (Å²) in [5.41, 5.74) is 0.977. The Balaban J connectivity index is 1.32. The predicted molar refractivity (Wildman–Crippen MR) is 217 cm³/mol. The van der Waals surface area contributed by atoms with Gasteiger partial charge in [-0.2, -0.15) is 5.26 Å². The first-order valence-corrected chi connectivity index (χ1v) is 25.2. The largest absolute Gasteiger partial charge is 0.385 e. The van der Waals surface area contributed by atoms with Crippen LogP contribution < -0.4 is 5.32 Å². The predicted octanol–water partition coefficient (Wildman–Crippen LogP) is 9.27. The van der Waals surface area contributed by atoms with Gasteiger partial charge in [-0.05, 0) is 67.8 Å². The van der Waals surface area contributed by atoms with Crippen molar-refractivity contribution in [1.82, 2.24) is 9.55 Å². The van der Waals surface area contributed by atoms with Gasteiger partial charge in [0.05, 0.1) is 16.8 Å². The van der Waals surface area contributed by atoms with Gasteiger partial charge >= 0.3 is 8.56 Å². The first-order valence-electron chi connectivity index (χ1n) is 19.7. The summed E-state index contributed by atoms with van der Waals surface area (Å²) in [6, 6.07) is 8.95. The molecule has 2 bridgehead atoms. The molecule has 1 aromatic heterocycles. The molecule has 3 fully saturated rings. The average molecular weight is 777 g/mol. The van der Waals surface area contributed by atoms with Gasteiger partial charge in [0, 0.05) is 55.0 Å². The second-order valence-electron chi connectivity index (χ2n) is 21.0. The second-order valence-corrected chi connectivity index (χ2v) is 31.3. The minimum absolute atomic E-state index is 0.116. The average Bonchev–Trinajstić information content (AvgIpc) is 3.70. The van der Waals surface area contributed by atoms with E-state index in [1.807, 2.05) is 12.1 Å². The fourth-order valence-electron chi connectivity index (χ4n) is 9.58. The maximum absolute atomic E-state index is 14.0. The summed E-state index contributed by atoms with van der Waals surface area (Å²) in [7, 11) is -4.07. The number of nitrogens with one attached hydrogen (secondary N) is 1. The monoisotopic (exact) mass is 776 g/mol. The van der Waals surface area contributed by atoms with Gasteiger partial charge in [-0.1, -0.05) is 87.2 Å². The van der Waals surface area contributed by atoms with E-state index >= 15 is 0 Å². The van der Waals surface area contributed by atoms with Crippen molar-refractivity contribution in [3.05, 3.63) is 53.1 Å². The molecule has 4 atom stereocenters. The van der Waals surface area contributed by atoms with Crippen molar-refractivity contribution in [2.24, 2.45) is 5.41 Å². The van der Waals surface area contributed by atoms with Crippen LogP contribution in [0.3, 0.4) is 0 Å². The molecule has 296 valence electrons. The Kier molecular flexibility index (Phi) is 10.2. The van der Waals surface area contributed by atoms with E-state index in [2.05, 4.69) is 117 Å². The number of hydrogen-bond donors (Lipinski definition) is 2. The molecule has 1 amide bonds. The van der Waals surface area contributed by atoms with E-state index in [0.717, 1.165) is 42.0 Å². The van der Waals surface area contributed by atoms with E-state index < -0.39 is 39.3 Å². The van der Waals surface area contributed by atoms with E-state index in [0.29, 0.717) is 25.1 Å². The van der Waals surface area contributed by atoms with Gasteiger partial charge in [0.25, 0.3) is 5.91 Å². The van der Waals surface area contributed by atoms with E-state index in [1.165, 1.54) is 0 Å². The molecule has 0 saturated carbocycles. The van der Waals surface area contributed by atoms with Crippen molar-refractivity contribution in [3.8, 4) is 6.07 Å². The third-order valence-corrected chi connectivity index (χ3v) is 19.1. The highest BCUT2D eigenvalue weighted by molar-refractivity contribution is 6.76. The molecule has 1 aromatic carbocycles. The standard InChI is InChI=1S/C42H64N4O6Si2/c1-37(2,3)54(38(4,5)6)50-33-34(51-54)41(10)26-42(48,25-40(33,9)52-41)29-14-15-32(31(22-29)28-16-18-39(7,8)19-17-28)45-36(47)35-44-30(23-43)24-46(35)27-49-20-21-53(11,12)13/h14-16,22,24,33-34,48H,17-21,25-27H2,1-13H3,(H,45,47).